The Morgan fingerprint density at radius 2 is 2.19 bits per heavy atom. The maximum Gasteiger partial charge on any atom is 0.0448 e. The van der Waals surface area contributed by atoms with Gasteiger partial charge in [0.25, 0.3) is 0 Å². The number of rotatable bonds is 7. The van der Waals surface area contributed by atoms with Gasteiger partial charge in [0.15, 0.2) is 0 Å². The largest absolute Gasteiger partial charge is 0.396 e. The maximum atomic E-state index is 8.93. The number of nitrogens with one attached hydrogen (secondary N) is 1. The van der Waals surface area contributed by atoms with Crippen molar-refractivity contribution in [3.8, 4) is 0 Å². The van der Waals surface area contributed by atoms with Gasteiger partial charge in [-0.1, -0.05) is 6.92 Å². The van der Waals surface area contributed by atoms with Crippen LogP contribution in [-0.2, 0) is 13.1 Å². The zero-order valence-corrected chi connectivity index (χ0v) is 10.7. The van der Waals surface area contributed by atoms with Gasteiger partial charge >= 0.3 is 0 Å². The number of nitrogens with zero attached hydrogens (tertiary/aromatic N) is 1. The highest BCUT2D eigenvalue weighted by Gasteiger charge is 2.15. The van der Waals surface area contributed by atoms with E-state index in [9.17, 15) is 0 Å². The molecule has 0 aliphatic rings. The molecule has 0 aliphatic carbocycles. The van der Waals surface area contributed by atoms with Crippen molar-refractivity contribution in [3.05, 3.63) is 24.0 Å². The summed E-state index contributed by atoms with van der Waals surface area (Å²) in [5.74, 6) is 0. The lowest BCUT2D eigenvalue weighted by molar-refractivity contribution is 0.230. The van der Waals surface area contributed by atoms with Crippen LogP contribution in [0.25, 0.3) is 0 Å². The third-order valence-corrected chi connectivity index (χ3v) is 2.80. The predicted octanol–water partition coefficient (Wildman–Crippen LogP) is 2.15. The molecule has 3 nitrogen and oxygen atoms in total. The Morgan fingerprint density at radius 1 is 1.44 bits per heavy atom. The van der Waals surface area contributed by atoms with Crippen LogP contribution >= 0.6 is 0 Å². The molecule has 0 bridgehead atoms. The van der Waals surface area contributed by atoms with E-state index in [4.69, 9.17) is 5.11 Å². The fourth-order valence-electron chi connectivity index (χ4n) is 1.70. The van der Waals surface area contributed by atoms with Gasteiger partial charge < -0.3 is 15.0 Å². The first-order valence-corrected chi connectivity index (χ1v) is 6.08. The molecule has 0 aromatic carbocycles. The lowest BCUT2D eigenvalue weighted by atomic mass is 10.0. The molecular formula is C13H24N2O. The number of aliphatic hydroxyl groups is 1. The summed E-state index contributed by atoms with van der Waals surface area (Å²) < 4.78 is 2.22. The Bertz CT molecular complexity index is 305. The highest BCUT2D eigenvalue weighted by molar-refractivity contribution is 5.10. The highest BCUT2D eigenvalue weighted by atomic mass is 16.3. The van der Waals surface area contributed by atoms with Crippen molar-refractivity contribution >= 4 is 0 Å². The van der Waals surface area contributed by atoms with E-state index in [0.717, 1.165) is 25.9 Å². The second kappa shape index (κ2) is 6.06. The van der Waals surface area contributed by atoms with Crippen LogP contribution in [-0.4, -0.2) is 21.8 Å². The molecule has 16 heavy (non-hydrogen) atoms. The van der Waals surface area contributed by atoms with E-state index in [-0.39, 0.29) is 12.1 Å². The molecule has 0 atom stereocenters. The van der Waals surface area contributed by atoms with Crippen LogP contribution in [0.15, 0.2) is 18.5 Å². The molecule has 0 amide bonds. The Hall–Kier alpha value is -0.800. The summed E-state index contributed by atoms with van der Waals surface area (Å²) in [6, 6.07) is 2.15. The van der Waals surface area contributed by atoms with E-state index in [1.807, 2.05) is 0 Å². The van der Waals surface area contributed by atoms with Gasteiger partial charge in [-0.25, -0.2) is 0 Å². The SMILES string of the molecule is CCCn1ccc(CNC(C)(C)CCO)c1. The molecule has 92 valence electrons. The Morgan fingerprint density at radius 3 is 2.81 bits per heavy atom. The zero-order valence-electron chi connectivity index (χ0n) is 10.7. The van der Waals surface area contributed by atoms with Crippen LogP contribution in [0.5, 0.6) is 0 Å². The van der Waals surface area contributed by atoms with E-state index >= 15 is 0 Å². The molecule has 0 aliphatic heterocycles. The number of aromatic nitrogens is 1. The molecule has 0 unspecified atom stereocenters. The molecule has 0 saturated carbocycles. The summed E-state index contributed by atoms with van der Waals surface area (Å²) in [7, 11) is 0. The molecule has 0 radical (unpaired) electrons. The van der Waals surface area contributed by atoms with Gasteiger partial charge in [0, 0.05) is 37.6 Å². The van der Waals surface area contributed by atoms with Crippen molar-refractivity contribution in [2.24, 2.45) is 0 Å². The summed E-state index contributed by atoms with van der Waals surface area (Å²) in [6.07, 6.45) is 6.26. The quantitative estimate of drug-likeness (QED) is 0.744. The van der Waals surface area contributed by atoms with Gasteiger partial charge in [-0.05, 0) is 38.3 Å². The van der Waals surface area contributed by atoms with Crippen LogP contribution in [0.2, 0.25) is 0 Å². The monoisotopic (exact) mass is 224 g/mol. The minimum Gasteiger partial charge on any atom is -0.396 e. The smallest absolute Gasteiger partial charge is 0.0448 e. The third kappa shape index (κ3) is 4.37. The topological polar surface area (TPSA) is 37.2 Å². The number of aryl methyl sites for hydroxylation is 1. The van der Waals surface area contributed by atoms with Gasteiger partial charge in [0.1, 0.15) is 0 Å². The Balaban J connectivity index is 2.41. The summed E-state index contributed by atoms with van der Waals surface area (Å²) in [5, 5.41) is 12.4. The minimum absolute atomic E-state index is 0.00159. The van der Waals surface area contributed by atoms with Crippen LogP contribution in [0.1, 0.15) is 39.2 Å². The van der Waals surface area contributed by atoms with Gasteiger partial charge in [-0.2, -0.15) is 0 Å². The third-order valence-electron chi connectivity index (χ3n) is 2.80. The molecular weight excluding hydrogens is 200 g/mol. The fourth-order valence-corrected chi connectivity index (χ4v) is 1.70. The number of hydrogen-bond donors (Lipinski definition) is 2. The van der Waals surface area contributed by atoms with Crippen molar-refractivity contribution < 1.29 is 5.11 Å². The zero-order chi connectivity index (χ0) is 12.0. The van der Waals surface area contributed by atoms with Crippen molar-refractivity contribution in [1.29, 1.82) is 0 Å². The van der Waals surface area contributed by atoms with Crippen molar-refractivity contribution in [2.75, 3.05) is 6.61 Å². The van der Waals surface area contributed by atoms with Crippen LogP contribution in [0.3, 0.4) is 0 Å². The van der Waals surface area contributed by atoms with E-state index in [1.54, 1.807) is 0 Å². The van der Waals surface area contributed by atoms with Crippen molar-refractivity contribution in [2.45, 2.75) is 52.2 Å². The summed E-state index contributed by atoms with van der Waals surface area (Å²) in [6.45, 7) is 8.60. The number of aliphatic hydroxyl groups excluding tert-OH is 1. The standard InChI is InChI=1S/C13H24N2O/c1-4-7-15-8-5-12(11-15)10-14-13(2,3)6-9-16/h5,8,11,14,16H,4,6-7,9-10H2,1-3H3. The van der Waals surface area contributed by atoms with Crippen molar-refractivity contribution in [1.82, 2.24) is 9.88 Å². The maximum absolute atomic E-state index is 8.93. The average molecular weight is 224 g/mol. The molecule has 0 spiro atoms. The molecule has 1 heterocycles. The van der Waals surface area contributed by atoms with E-state index < -0.39 is 0 Å². The predicted molar refractivity (Wildman–Crippen MR) is 67.3 cm³/mol. The fraction of sp³-hybridized carbons (Fsp3) is 0.692. The van der Waals surface area contributed by atoms with Crippen molar-refractivity contribution in [3.63, 3.8) is 0 Å². The first-order valence-electron chi connectivity index (χ1n) is 6.08. The summed E-state index contributed by atoms with van der Waals surface area (Å²) in [5.41, 5.74) is 1.31. The molecule has 1 aromatic rings. The Labute approximate surface area is 98.5 Å². The molecule has 2 N–H and O–H groups in total. The Kier molecular flexibility index (Phi) is 5.03. The second-order valence-electron chi connectivity index (χ2n) is 4.97. The van der Waals surface area contributed by atoms with Gasteiger partial charge in [-0.3, -0.25) is 0 Å². The molecule has 1 aromatic heterocycles. The number of hydrogen-bond acceptors (Lipinski definition) is 2. The van der Waals surface area contributed by atoms with E-state index in [1.165, 1.54) is 5.56 Å². The van der Waals surface area contributed by atoms with Gasteiger partial charge in [-0.15, -0.1) is 0 Å². The van der Waals surface area contributed by atoms with Crippen LogP contribution in [0, 0.1) is 0 Å². The lowest BCUT2D eigenvalue weighted by Gasteiger charge is -2.25. The van der Waals surface area contributed by atoms with Crippen LogP contribution in [0.4, 0.5) is 0 Å². The summed E-state index contributed by atoms with van der Waals surface area (Å²) in [4.78, 5) is 0. The normalized spacial score (nSPS) is 12.0. The van der Waals surface area contributed by atoms with E-state index in [2.05, 4.69) is 49.1 Å². The average Bonchev–Trinajstić information content (AvgIpc) is 2.64. The molecule has 1 rings (SSSR count). The molecule has 0 saturated heterocycles. The second-order valence-corrected chi connectivity index (χ2v) is 4.97. The molecule has 0 fully saturated rings. The van der Waals surface area contributed by atoms with Crippen LogP contribution < -0.4 is 5.32 Å². The minimum atomic E-state index is 0.00159. The highest BCUT2D eigenvalue weighted by Crippen LogP contribution is 2.10. The van der Waals surface area contributed by atoms with Gasteiger partial charge in [0.2, 0.25) is 0 Å². The first kappa shape index (κ1) is 13.3. The summed E-state index contributed by atoms with van der Waals surface area (Å²) >= 11 is 0. The lowest BCUT2D eigenvalue weighted by Crippen LogP contribution is -2.39. The first-order chi connectivity index (χ1) is 7.57. The van der Waals surface area contributed by atoms with E-state index in [0.29, 0.717) is 0 Å². The molecule has 3 heteroatoms. The van der Waals surface area contributed by atoms with Gasteiger partial charge in [0.05, 0.1) is 0 Å².